The van der Waals surface area contributed by atoms with Crippen molar-refractivity contribution < 1.29 is 4.39 Å². The van der Waals surface area contributed by atoms with Crippen LogP contribution in [-0.2, 0) is 0 Å². The van der Waals surface area contributed by atoms with E-state index in [0.717, 1.165) is 11.0 Å². The first kappa shape index (κ1) is 9.79. The molecule has 78 valence electrons. The summed E-state index contributed by atoms with van der Waals surface area (Å²) >= 11 is 1.31. The van der Waals surface area contributed by atoms with E-state index in [1.807, 2.05) is 11.8 Å². The molecular weight excluding hydrogens is 203 g/mol. The summed E-state index contributed by atoms with van der Waals surface area (Å²) in [6.45, 7) is 2.70. The van der Waals surface area contributed by atoms with Crippen LogP contribution < -0.4 is 10.6 Å². The number of halogens is 1. The molecular formula is C8H13FN4S. The molecule has 1 aromatic rings. The molecule has 1 fully saturated rings. The van der Waals surface area contributed by atoms with Crippen LogP contribution in [0.3, 0.4) is 0 Å². The molecule has 14 heavy (non-hydrogen) atoms. The van der Waals surface area contributed by atoms with Gasteiger partial charge in [-0.25, -0.2) is 9.37 Å². The second-order valence-corrected chi connectivity index (χ2v) is 4.23. The van der Waals surface area contributed by atoms with Crippen molar-refractivity contribution in [1.82, 2.24) is 9.36 Å². The van der Waals surface area contributed by atoms with Crippen LogP contribution in [0.25, 0.3) is 0 Å². The molecule has 0 amide bonds. The van der Waals surface area contributed by atoms with E-state index in [-0.39, 0.29) is 6.04 Å². The molecule has 0 aliphatic carbocycles. The lowest BCUT2D eigenvalue weighted by molar-refractivity contribution is 0.356. The lowest BCUT2D eigenvalue weighted by atomic mass is 10.2. The quantitative estimate of drug-likeness (QED) is 0.791. The molecule has 0 saturated carbocycles. The van der Waals surface area contributed by atoms with Gasteiger partial charge >= 0.3 is 0 Å². The van der Waals surface area contributed by atoms with Crippen molar-refractivity contribution in [1.29, 1.82) is 0 Å². The largest absolute Gasteiger partial charge is 0.340 e. The van der Waals surface area contributed by atoms with Crippen LogP contribution in [0.15, 0.2) is 0 Å². The monoisotopic (exact) mass is 216 g/mol. The average molecular weight is 216 g/mol. The summed E-state index contributed by atoms with van der Waals surface area (Å²) in [7, 11) is 0. The molecule has 2 N–H and O–H groups in total. The van der Waals surface area contributed by atoms with Gasteiger partial charge < -0.3 is 10.6 Å². The van der Waals surface area contributed by atoms with Crippen molar-refractivity contribution in [2.75, 3.05) is 18.0 Å². The van der Waals surface area contributed by atoms with Gasteiger partial charge in [-0.05, 0) is 6.92 Å². The highest BCUT2D eigenvalue weighted by molar-refractivity contribution is 7.09. The van der Waals surface area contributed by atoms with Crippen LogP contribution >= 0.6 is 11.5 Å². The molecule has 2 atom stereocenters. The fraction of sp³-hybridized carbons (Fsp3) is 0.750. The molecule has 4 nitrogen and oxygen atoms in total. The van der Waals surface area contributed by atoms with Crippen LogP contribution in [0, 0.1) is 6.92 Å². The minimum Gasteiger partial charge on any atom is -0.340 e. The Labute approximate surface area is 86.1 Å². The minimum atomic E-state index is -0.784. The summed E-state index contributed by atoms with van der Waals surface area (Å²) in [5.74, 6) is 0.739. The maximum absolute atomic E-state index is 13.2. The normalized spacial score (nSPS) is 27.2. The number of hydrogen-bond donors (Lipinski definition) is 1. The molecule has 0 aromatic carbocycles. The molecule has 1 aromatic heterocycles. The Bertz CT molecular complexity index is 316. The van der Waals surface area contributed by atoms with Gasteiger partial charge in [0.25, 0.3) is 0 Å². The molecule has 0 radical (unpaired) electrons. The van der Waals surface area contributed by atoms with E-state index in [1.165, 1.54) is 11.5 Å². The lowest BCUT2D eigenvalue weighted by Gasteiger charge is -2.21. The topological polar surface area (TPSA) is 55.0 Å². The number of aromatic nitrogens is 2. The van der Waals surface area contributed by atoms with Gasteiger partial charge in [0.2, 0.25) is 5.13 Å². The standard InChI is InChI=1S/C8H13FN4S/c1-5-11-8(14-12-5)13-4-6(9)2-7(13)3-10/h6-7H,2-4,10H2,1H3. The number of rotatable bonds is 2. The summed E-state index contributed by atoms with van der Waals surface area (Å²) in [6, 6.07) is 0.0809. The van der Waals surface area contributed by atoms with Crippen molar-refractivity contribution in [3.05, 3.63) is 5.82 Å². The number of nitrogens with zero attached hydrogens (tertiary/aromatic N) is 3. The molecule has 2 heterocycles. The van der Waals surface area contributed by atoms with Gasteiger partial charge in [0.15, 0.2) is 0 Å². The number of nitrogens with two attached hydrogens (primary N) is 1. The second-order valence-electron chi connectivity index (χ2n) is 3.50. The third-order valence-corrected chi connectivity index (χ3v) is 3.24. The van der Waals surface area contributed by atoms with Gasteiger partial charge in [-0.2, -0.15) is 4.37 Å². The van der Waals surface area contributed by atoms with E-state index in [0.29, 0.717) is 19.5 Å². The van der Waals surface area contributed by atoms with E-state index >= 15 is 0 Å². The zero-order valence-electron chi connectivity index (χ0n) is 7.98. The Morgan fingerprint density at radius 2 is 2.50 bits per heavy atom. The number of anilines is 1. The van der Waals surface area contributed by atoms with Crippen molar-refractivity contribution in [3.8, 4) is 0 Å². The molecule has 1 saturated heterocycles. The van der Waals surface area contributed by atoms with Crippen molar-refractivity contribution in [3.63, 3.8) is 0 Å². The Morgan fingerprint density at radius 3 is 3.07 bits per heavy atom. The van der Waals surface area contributed by atoms with Crippen LogP contribution in [0.5, 0.6) is 0 Å². The minimum absolute atomic E-state index is 0.0809. The summed E-state index contributed by atoms with van der Waals surface area (Å²) in [4.78, 5) is 6.16. The zero-order valence-corrected chi connectivity index (χ0v) is 8.80. The SMILES string of the molecule is Cc1nsc(N2CC(F)CC2CN)n1. The first-order valence-electron chi connectivity index (χ1n) is 4.62. The molecule has 0 spiro atoms. The summed E-state index contributed by atoms with van der Waals surface area (Å²) in [5, 5.41) is 0.790. The third-order valence-electron chi connectivity index (χ3n) is 2.40. The molecule has 2 unspecified atom stereocenters. The van der Waals surface area contributed by atoms with Gasteiger partial charge in [-0.1, -0.05) is 0 Å². The number of hydrogen-bond acceptors (Lipinski definition) is 5. The van der Waals surface area contributed by atoms with Crippen LogP contribution in [0.2, 0.25) is 0 Å². The van der Waals surface area contributed by atoms with E-state index in [4.69, 9.17) is 5.73 Å². The zero-order chi connectivity index (χ0) is 10.1. The Morgan fingerprint density at radius 1 is 1.71 bits per heavy atom. The highest BCUT2D eigenvalue weighted by atomic mass is 32.1. The van der Waals surface area contributed by atoms with Crippen LogP contribution in [0.4, 0.5) is 9.52 Å². The predicted octanol–water partition coefficient (Wildman–Crippen LogP) is 0.722. The fourth-order valence-corrected chi connectivity index (χ4v) is 2.48. The summed E-state index contributed by atoms with van der Waals surface area (Å²) < 4.78 is 17.2. The maximum atomic E-state index is 13.2. The highest BCUT2D eigenvalue weighted by Gasteiger charge is 2.32. The third kappa shape index (κ3) is 1.72. The summed E-state index contributed by atoms with van der Waals surface area (Å²) in [5.41, 5.74) is 5.58. The van der Waals surface area contributed by atoms with E-state index in [9.17, 15) is 4.39 Å². The van der Waals surface area contributed by atoms with Gasteiger partial charge in [0.05, 0.1) is 6.54 Å². The van der Waals surface area contributed by atoms with Gasteiger partial charge in [0.1, 0.15) is 12.0 Å². The lowest BCUT2D eigenvalue weighted by Crippen LogP contribution is -2.35. The summed E-state index contributed by atoms with van der Waals surface area (Å²) in [6.07, 6.45) is -0.275. The van der Waals surface area contributed by atoms with E-state index < -0.39 is 6.17 Å². The predicted molar refractivity (Wildman–Crippen MR) is 54.3 cm³/mol. The molecule has 0 bridgehead atoms. The Hall–Kier alpha value is -0.750. The second kappa shape index (κ2) is 3.78. The van der Waals surface area contributed by atoms with Crippen molar-refractivity contribution in [2.24, 2.45) is 5.73 Å². The van der Waals surface area contributed by atoms with Crippen molar-refractivity contribution >= 4 is 16.7 Å². The van der Waals surface area contributed by atoms with Crippen LogP contribution in [0.1, 0.15) is 12.2 Å². The molecule has 1 aliphatic rings. The fourth-order valence-electron chi connectivity index (χ4n) is 1.72. The maximum Gasteiger partial charge on any atom is 0.205 e. The Kier molecular flexibility index (Phi) is 2.64. The van der Waals surface area contributed by atoms with Crippen LogP contribution in [-0.4, -0.2) is 34.7 Å². The molecule has 6 heteroatoms. The molecule has 1 aliphatic heterocycles. The van der Waals surface area contributed by atoms with E-state index in [2.05, 4.69) is 9.36 Å². The Balaban J connectivity index is 2.17. The van der Waals surface area contributed by atoms with Gasteiger partial charge in [-0.15, -0.1) is 0 Å². The first-order valence-corrected chi connectivity index (χ1v) is 5.39. The number of alkyl halides is 1. The van der Waals surface area contributed by atoms with Gasteiger partial charge in [-0.3, -0.25) is 0 Å². The average Bonchev–Trinajstić information content (AvgIpc) is 2.71. The molecule has 2 rings (SSSR count). The first-order chi connectivity index (χ1) is 6.70. The van der Waals surface area contributed by atoms with Gasteiger partial charge in [0, 0.05) is 30.5 Å². The number of aryl methyl sites for hydroxylation is 1. The smallest absolute Gasteiger partial charge is 0.205 e. The highest BCUT2D eigenvalue weighted by Crippen LogP contribution is 2.27. The van der Waals surface area contributed by atoms with E-state index in [1.54, 1.807) is 0 Å². The van der Waals surface area contributed by atoms with Crippen molar-refractivity contribution in [2.45, 2.75) is 25.6 Å².